The van der Waals surface area contributed by atoms with Crippen molar-refractivity contribution in [1.29, 1.82) is 0 Å². The fraction of sp³-hybridized carbons (Fsp3) is 0.533. The molecule has 0 radical (unpaired) electrons. The lowest BCUT2D eigenvalue weighted by molar-refractivity contribution is 0.0724. The molecular weight excluding hydrogens is 288 g/mol. The molecule has 0 unspecified atom stereocenters. The summed E-state index contributed by atoms with van der Waals surface area (Å²) in [6.07, 6.45) is 3.99. The number of likely N-dealkylation sites (tertiary alicyclic amines) is 1. The summed E-state index contributed by atoms with van der Waals surface area (Å²) in [4.78, 5) is 14.3. The molecule has 1 aliphatic heterocycles. The molecule has 1 aromatic rings. The summed E-state index contributed by atoms with van der Waals surface area (Å²) in [5.74, 6) is -0.0137. The van der Waals surface area contributed by atoms with E-state index < -0.39 is 10.0 Å². The molecule has 0 aliphatic carbocycles. The first-order chi connectivity index (χ1) is 10.0. The number of sulfonamides is 1. The van der Waals surface area contributed by atoms with E-state index in [0.717, 1.165) is 32.4 Å². The van der Waals surface area contributed by atoms with Crippen LogP contribution in [0.15, 0.2) is 29.2 Å². The zero-order chi connectivity index (χ0) is 15.3. The van der Waals surface area contributed by atoms with Gasteiger partial charge in [-0.05, 0) is 49.9 Å². The molecular formula is C15H22N2O3S. The first kappa shape index (κ1) is 16.0. The van der Waals surface area contributed by atoms with Gasteiger partial charge in [0.2, 0.25) is 10.0 Å². The summed E-state index contributed by atoms with van der Waals surface area (Å²) in [6.45, 7) is 3.90. The SMILES string of the molecule is CCCNS(=O)(=O)c1ccc(C(=O)N2CCCCC2)cc1. The number of hydrogen-bond donors (Lipinski definition) is 1. The predicted octanol–water partition coefficient (Wildman–Crippen LogP) is 2.00. The Bertz CT molecular complexity index is 575. The van der Waals surface area contributed by atoms with Crippen LogP contribution in [0.4, 0.5) is 0 Å². The van der Waals surface area contributed by atoms with Crippen LogP contribution in [-0.2, 0) is 10.0 Å². The summed E-state index contributed by atoms with van der Waals surface area (Å²) < 4.78 is 26.4. The summed E-state index contributed by atoms with van der Waals surface area (Å²) >= 11 is 0. The van der Waals surface area contributed by atoms with Crippen LogP contribution >= 0.6 is 0 Å². The van der Waals surface area contributed by atoms with Gasteiger partial charge in [0.15, 0.2) is 0 Å². The van der Waals surface area contributed by atoms with Gasteiger partial charge in [-0.25, -0.2) is 13.1 Å². The molecule has 0 spiro atoms. The van der Waals surface area contributed by atoms with E-state index in [2.05, 4.69) is 4.72 Å². The quantitative estimate of drug-likeness (QED) is 0.904. The second-order valence-electron chi connectivity index (χ2n) is 5.28. The minimum atomic E-state index is -3.46. The van der Waals surface area contributed by atoms with Crippen LogP contribution in [0.25, 0.3) is 0 Å². The third kappa shape index (κ3) is 4.04. The van der Waals surface area contributed by atoms with Crippen molar-refractivity contribution in [3.63, 3.8) is 0 Å². The maximum Gasteiger partial charge on any atom is 0.253 e. The molecule has 1 heterocycles. The van der Waals surface area contributed by atoms with Crippen LogP contribution in [0.3, 0.4) is 0 Å². The van der Waals surface area contributed by atoms with Gasteiger partial charge in [-0.15, -0.1) is 0 Å². The molecule has 1 fully saturated rings. The molecule has 0 saturated carbocycles. The van der Waals surface area contributed by atoms with Crippen molar-refractivity contribution in [2.24, 2.45) is 0 Å². The molecule has 0 atom stereocenters. The van der Waals surface area contributed by atoms with Crippen LogP contribution < -0.4 is 4.72 Å². The zero-order valence-electron chi connectivity index (χ0n) is 12.3. The number of nitrogens with one attached hydrogen (secondary N) is 1. The minimum Gasteiger partial charge on any atom is -0.339 e. The van der Waals surface area contributed by atoms with Gasteiger partial charge in [0.1, 0.15) is 0 Å². The van der Waals surface area contributed by atoms with Crippen molar-refractivity contribution in [1.82, 2.24) is 9.62 Å². The zero-order valence-corrected chi connectivity index (χ0v) is 13.2. The maximum atomic E-state index is 12.3. The second-order valence-corrected chi connectivity index (χ2v) is 7.04. The number of carbonyl (C=O) groups is 1. The van der Waals surface area contributed by atoms with Gasteiger partial charge in [-0.1, -0.05) is 6.92 Å². The van der Waals surface area contributed by atoms with Crippen molar-refractivity contribution in [2.75, 3.05) is 19.6 Å². The number of amides is 1. The van der Waals surface area contributed by atoms with E-state index in [9.17, 15) is 13.2 Å². The van der Waals surface area contributed by atoms with E-state index >= 15 is 0 Å². The monoisotopic (exact) mass is 310 g/mol. The average molecular weight is 310 g/mol. The van der Waals surface area contributed by atoms with E-state index in [1.807, 2.05) is 11.8 Å². The van der Waals surface area contributed by atoms with Crippen LogP contribution in [0.1, 0.15) is 43.0 Å². The van der Waals surface area contributed by atoms with Crippen LogP contribution in [-0.4, -0.2) is 38.9 Å². The van der Waals surface area contributed by atoms with Crippen LogP contribution in [0.5, 0.6) is 0 Å². The number of nitrogens with zero attached hydrogens (tertiary/aromatic N) is 1. The Morgan fingerprint density at radius 2 is 1.76 bits per heavy atom. The lowest BCUT2D eigenvalue weighted by Crippen LogP contribution is -2.35. The highest BCUT2D eigenvalue weighted by atomic mass is 32.2. The van der Waals surface area contributed by atoms with Crippen LogP contribution in [0, 0.1) is 0 Å². The van der Waals surface area contributed by atoms with E-state index in [0.29, 0.717) is 12.1 Å². The Morgan fingerprint density at radius 3 is 2.33 bits per heavy atom. The van der Waals surface area contributed by atoms with Crippen LogP contribution in [0.2, 0.25) is 0 Å². The van der Waals surface area contributed by atoms with Crippen molar-refractivity contribution >= 4 is 15.9 Å². The molecule has 1 saturated heterocycles. The van der Waals surface area contributed by atoms with Gasteiger partial charge in [-0.3, -0.25) is 4.79 Å². The third-order valence-electron chi connectivity index (χ3n) is 3.60. The molecule has 0 aromatic heterocycles. The Balaban J connectivity index is 2.09. The fourth-order valence-corrected chi connectivity index (χ4v) is 3.51. The number of rotatable bonds is 5. The second kappa shape index (κ2) is 7.04. The molecule has 0 bridgehead atoms. The van der Waals surface area contributed by atoms with Gasteiger partial charge < -0.3 is 4.90 Å². The summed E-state index contributed by atoms with van der Waals surface area (Å²) in [6, 6.07) is 6.18. The average Bonchev–Trinajstić information content (AvgIpc) is 2.53. The molecule has 1 aromatic carbocycles. The summed E-state index contributed by atoms with van der Waals surface area (Å²) in [7, 11) is -3.46. The Morgan fingerprint density at radius 1 is 1.14 bits per heavy atom. The Labute approximate surface area is 126 Å². The molecule has 1 N–H and O–H groups in total. The van der Waals surface area contributed by atoms with Gasteiger partial charge in [0, 0.05) is 25.2 Å². The minimum absolute atomic E-state index is 0.0137. The first-order valence-corrected chi connectivity index (χ1v) is 8.92. The van der Waals surface area contributed by atoms with E-state index in [4.69, 9.17) is 0 Å². The van der Waals surface area contributed by atoms with Gasteiger partial charge >= 0.3 is 0 Å². The largest absolute Gasteiger partial charge is 0.339 e. The van der Waals surface area contributed by atoms with E-state index in [-0.39, 0.29) is 10.8 Å². The van der Waals surface area contributed by atoms with Crippen molar-refractivity contribution < 1.29 is 13.2 Å². The third-order valence-corrected chi connectivity index (χ3v) is 5.07. The summed E-state index contributed by atoms with van der Waals surface area (Å²) in [5.41, 5.74) is 0.548. The highest BCUT2D eigenvalue weighted by Gasteiger charge is 2.19. The Hall–Kier alpha value is -1.40. The first-order valence-electron chi connectivity index (χ1n) is 7.43. The number of piperidine rings is 1. The molecule has 1 amide bonds. The predicted molar refractivity (Wildman–Crippen MR) is 81.7 cm³/mol. The molecule has 5 nitrogen and oxygen atoms in total. The number of benzene rings is 1. The summed E-state index contributed by atoms with van der Waals surface area (Å²) in [5, 5.41) is 0. The molecule has 116 valence electrons. The maximum absolute atomic E-state index is 12.3. The topological polar surface area (TPSA) is 66.5 Å². The van der Waals surface area contributed by atoms with E-state index in [1.54, 1.807) is 12.1 Å². The molecule has 21 heavy (non-hydrogen) atoms. The van der Waals surface area contributed by atoms with Crippen molar-refractivity contribution in [3.8, 4) is 0 Å². The van der Waals surface area contributed by atoms with Gasteiger partial charge in [-0.2, -0.15) is 0 Å². The van der Waals surface area contributed by atoms with E-state index in [1.165, 1.54) is 18.6 Å². The highest BCUT2D eigenvalue weighted by Crippen LogP contribution is 2.15. The fourth-order valence-electron chi connectivity index (χ4n) is 2.38. The smallest absolute Gasteiger partial charge is 0.253 e. The lowest BCUT2D eigenvalue weighted by atomic mass is 10.1. The molecule has 2 rings (SSSR count). The highest BCUT2D eigenvalue weighted by molar-refractivity contribution is 7.89. The number of carbonyl (C=O) groups excluding carboxylic acids is 1. The van der Waals surface area contributed by atoms with Crippen molar-refractivity contribution in [2.45, 2.75) is 37.5 Å². The molecule has 1 aliphatic rings. The normalized spacial score (nSPS) is 16.0. The van der Waals surface area contributed by atoms with Gasteiger partial charge in [0.05, 0.1) is 4.90 Å². The lowest BCUT2D eigenvalue weighted by Gasteiger charge is -2.26. The van der Waals surface area contributed by atoms with Crippen molar-refractivity contribution in [3.05, 3.63) is 29.8 Å². The number of hydrogen-bond acceptors (Lipinski definition) is 3. The van der Waals surface area contributed by atoms with Gasteiger partial charge in [0.25, 0.3) is 5.91 Å². The Kier molecular flexibility index (Phi) is 5.36. The molecule has 6 heteroatoms. The standard InChI is InChI=1S/C15H22N2O3S/c1-2-10-16-21(19,20)14-8-6-13(7-9-14)15(18)17-11-4-3-5-12-17/h6-9,16H,2-5,10-12H2,1H3.